The fraction of sp³-hybridized carbons (Fsp3) is 0.0476. The predicted octanol–water partition coefficient (Wildman–Crippen LogP) is 5.49. The minimum Gasteiger partial charge on any atom is -0.343 e. The van der Waals surface area contributed by atoms with Crippen LogP contribution in [-0.4, -0.2) is 11.9 Å². The lowest BCUT2D eigenvalue weighted by Gasteiger charge is -2.07. The first kappa shape index (κ1) is 19.4. The maximum Gasteiger partial charge on any atom is 0.336 e. The van der Waals surface area contributed by atoms with Gasteiger partial charge in [0.2, 0.25) is 0 Å². The van der Waals surface area contributed by atoms with Crippen molar-refractivity contribution in [2.75, 3.05) is 5.48 Å². The van der Waals surface area contributed by atoms with Gasteiger partial charge < -0.3 is 4.84 Å². The van der Waals surface area contributed by atoms with Crippen LogP contribution in [0.15, 0.2) is 93.6 Å². The number of hydrogen-bond donors (Lipinski definition) is 1. The van der Waals surface area contributed by atoms with E-state index >= 15 is 0 Å². The molecule has 0 spiro atoms. The first-order valence-electron chi connectivity index (χ1n) is 8.42. The van der Waals surface area contributed by atoms with E-state index in [0.29, 0.717) is 21.4 Å². The van der Waals surface area contributed by atoms with Gasteiger partial charge >= 0.3 is 5.97 Å². The van der Waals surface area contributed by atoms with Crippen molar-refractivity contribution in [1.29, 1.82) is 0 Å². The third-order valence-electron chi connectivity index (χ3n) is 3.70. The third kappa shape index (κ3) is 5.59. The molecule has 0 aliphatic rings. The van der Waals surface area contributed by atoms with E-state index in [1.165, 1.54) is 0 Å². The molecule has 1 N–H and O–H groups in total. The molecule has 3 aromatic carbocycles. The van der Waals surface area contributed by atoms with Crippen molar-refractivity contribution in [2.24, 2.45) is 10.2 Å². The van der Waals surface area contributed by atoms with Crippen molar-refractivity contribution < 1.29 is 14.4 Å². The van der Waals surface area contributed by atoms with Crippen LogP contribution in [-0.2, 0) is 16.1 Å². The van der Waals surface area contributed by atoms with E-state index in [2.05, 4.69) is 31.6 Å². The highest BCUT2D eigenvalue weighted by Gasteiger charge is 2.08. The van der Waals surface area contributed by atoms with Crippen molar-refractivity contribution in [2.45, 2.75) is 6.42 Å². The summed E-state index contributed by atoms with van der Waals surface area (Å²) in [6.07, 6.45) is 0.178. The molecular weight excluding hydrogens is 422 g/mol. The van der Waals surface area contributed by atoms with Crippen LogP contribution >= 0.6 is 15.9 Å². The van der Waals surface area contributed by atoms with Crippen LogP contribution in [0.1, 0.15) is 15.9 Å². The first-order chi connectivity index (χ1) is 13.6. The fourth-order valence-electron chi connectivity index (χ4n) is 2.30. The van der Waals surface area contributed by atoms with Crippen LogP contribution in [0, 0.1) is 0 Å². The third-order valence-corrected chi connectivity index (χ3v) is 4.39. The smallest absolute Gasteiger partial charge is 0.336 e. The molecule has 0 bridgehead atoms. The van der Waals surface area contributed by atoms with Gasteiger partial charge in [-0.1, -0.05) is 42.5 Å². The summed E-state index contributed by atoms with van der Waals surface area (Å²) in [5, 5.41) is 7.66. The molecule has 3 rings (SSSR count). The first-order valence-corrected chi connectivity index (χ1v) is 9.21. The van der Waals surface area contributed by atoms with Crippen molar-refractivity contribution in [3.05, 3.63) is 94.5 Å². The molecule has 0 aromatic heterocycles. The average molecular weight is 438 g/mol. The Morgan fingerprint density at radius 2 is 1.57 bits per heavy atom. The minimum absolute atomic E-state index is 0.178. The van der Waals surface area contributed by atoms with Gasteiger partial charge in [0.25, 0.3) is 5.91 Å². The zero-order valence-electron chi connectivity index (χ0n) is 14.7. The molecule has 3 aromatic rings. The van der Waals surface area contributed by atoms with Gasteiger partial charge in [0.1, 0.15) is 0 Å². The van der Waals surface area contributed by atoms with E-state index in [-0.39, 0.29) is 6.42 Å². The lowest BCUT2D eigenvalue weighted by atomic mass is 10.2. The van der Waals surface area contributed by atoms with E-state index in [1.54, 1.807) is 42.5 Å². The number of amides is 1. The number of carbonyl (C=O) groups is 2. The maximum atomic E-state index is 12.1. The standard InChI is InChI=1S/C21H16BrN3O3/c22-19-9-5-4-8-18(19)21(27)24-23-16-10-12-17(13-11-16)25-28-20(26)14-15-6-2-1-3-7-15/h1-13,25H,14H2. The number of carbonyl (C=O) groups excluding carboxylic acids is 2. The molecule has 0 aliphatic carbocycles. The van der Waals surface area contributed by atoms with Crippen LogP contribution in [0.5, 0.6) is 0 Å². The van der Waals surface area contributed by atoms with Crippen LogP contribution < -0.4 is 5.48 Å². The molecule has 140 valence electrons. The molecule has 0 unspecified atom stereocenters. The Morgan fingerprint density at radius 1 is 0.893 bits per heavy atom. The number of nitrogens with one attached hydrogen (secondary N) is 1. The van der Waals surface area contributed by atoms with E-state index in [4.69, 9.17) is 4.84 Å². The second kappa shape index (κ2) is 9.57. The summed E-state index contributed by atoms with van der Waals surface area (Å²) < 4.78 is 0.663. The normalized spacial score (nSPS) is 10.6. The zero-order valence-corrected chi connectivity index (χ0v) is 16.3. The Bertz CT molecular complexity index is 989. The van der Waals surface area contributed by atoms with Crippen LogP contribution in [0.3, 0.4) is 0 Å². The molecule has 0 heterocycles. The van der Waals surface area contributed by atoms with Crippen molar-refractivity contribution in [3.8, 4) is 0 Å². The highest BCUT2D eigenvalue weighted by molar-refractivity contribution is 9.10. The minimum atomic E-state index is -0.440. The van der Waals surface area contributed by atoms with E-state index in [0.717, 1.165) is 5.56 Å². The lowest BCUT2D eigenvalue weighted by Crippen LogP contribution is -2.12. The second-order valence-corrected chi connectivity index (χ2v) is 6.62. The molecule has 0 aliphatic heterocycles. The Labute approximate surface area is 170 Å². The Hall–Kier alpha value is -3.32. The van der Waals surface area contributed by atoms with Crippen LogP contribution in [0.25, 0.3) is 0 Å². The highest BCUT2D eigenvalue weighted by Crippen LogP contribution is 2.20. The number of halogens is 1. The predicted molar refractivity (Wildman–Crippen MR) is 109 cm³/mol. The summed E-state index contributed by atoms with van der Waals surface area (Å²) in [7, 11) is 0. The van der Waals surface area contributed by atoms with Gasteiger partial charge in [-0.15, -0.1) is 10.2 Å². The second-order valence-electron chi connectivity index (χ2n) is 5.77. The Balaban J connectivity index is 1.52. The van der Waals surface area contributed by atoms with Gasteiger partial charge in [-0.25, -0.2) is 10.3 Å². The van der Waals surface area contributed by atoms with Gasteiger partial charge in [-0.3, -0.25) is 4.79 Å². The number of benzene rings is 3. The largest absolute Gasteiger partial charge is 0.343 e. The number of rotatable bonds is 6. The summed E-state index contributed by atoms with van der Waals surface area (Å²) in [6, 6.07) is 23.0. The average Bonchev–Trinajstić information content (AvgIpc) is 2.72. The van der Waals surface area contributed by atoms with Crippen LogP contribution in [0.4, 0.5) is 11.4 Å². The van der Waals surface area contributed by atoms with Gasteiger partial charge in [0, 0.05) is 4.47 Å². The topological polar surface area (TPSA) is 80.1 Å². The summed E-state index contributed by atoms with van der Waals surface area (Å²) >= 11 is 3.31. The van der Waals surface area contributed by atoms with Crippen LogP contribution in [0.2, 0.25) is 0 Å². The summed E-state index contributed by atoms with van der Waals surface area (Å²) in [5.74, 6) is -0.835. The molecular formula is C21H16BrN3O3. The van der Waals surface area contributed by atoms with Crippen molar-refractivity contribution >= 4 is 39.2 Å². The van der Waals surface area contributed by atoms with Gasteiger partial charge in [0.05, 0.1) is 23.4 Å². The quantitative estimate of drug-likeness (QED) is 0.408. The number of anilines is 1. The van der Waals surface area contributed by atoms with E-state index < -0.39 is 11.9 Å². The fourth-order valence-corrected chi connectivity index (χ4v) is 2.76. The highest BCUT2D eigenvalue weighted by atomic mass is 79.9. The molecule has 0 atom stereocenters. The summed E-state index contributed by atoms with van der Waals surface area (Å²) in [4.78, 5) is 28.9. The Kier molecular flexibility index (Phi) is 6.64. The SMILES string of the molecule is O=C(Cc1ccccc1)ONc1ccc(N=NC(=O)c2ccccc2Br)cc1. The Morgan fingerprint density at radius 3 is 2.29 bits per heavy atom. The number of azo groups is 1. The van der Waals surface area contributed by atoms with Gasteiger partial charge in [0.15, 0.2) is 0 Å². The molecule has 7 heteroatoms. The van der Waals surface area contributed by atoms with E-state index in [9.17, 15) is 9.59 Å². The zero-order chi connectivity index (χ0) is 19.8. The van der Waals surface area contributed by atoms with Crippen molar-refractivity contribution in [3.63, 3.8) is 0 Å². The monoisotopic (exact) mass is 437 g/mol. The number of nitrogens with zero attached hydrogens (tertiary/aromatic N) is 2. The molecule has 0 saturated heterocycles. The summed E-state index contributed by atoms with van der Waals surface area (Å²) in [5.41, 5.74) is 4.99. The molecule has 0 fully saturated rings. The molecule has 28 heavy (non-hydrogen) atoms. The van der Waals surface area contributed by atoms with Gasteiger partial charge in [-0.2, -0.15) is 0 Å². The maximum absolute atomic E-state index is 12.1. The van der Waals surface area contributed by atoms with Gasteiger partial charge in [-0.05, 0) is 57.9 Å². The summed E-state index contributed by atoms with van der Waals surface area (Å²) in [6.45, 7) is 0. The molecule has 6 nitrogen and oxygen atoms in total. The molecule has 0 radical (unpaired) electrons. The van der Waals surface area contributed by atoms with Crippen molar-refractivity contribution in [1.82, 2.24) is 0 Å². The number of hydrogen-bond acceptors (Lipinski definition) is 5. The molecule has 1 amide bonds. The molecule has 0 saturated carbocycles. The van der Waals surface area contributed by atoms with E-state index in [1.807, 2.05) is 36.4 Å². The lowest BCUT2D eigenvalue weighted by molar-refractivity contribution is -0.139.